The van der Waals surface area contributed by atoms with Crippen LogP contribution in [0.3, 0.4) is 0 Å². The van der Waals surface area contributed by atoms with Crippen molar-refractivity contribution in [2.45, 2.75) is 31.7 Å². The van der Waals surface area contributed by atoms with E-state index < -0.39 is 30.0 Å². The van der Waals surface area contributed by atoms with Gasteiger partial charge in [0.2, 0.25) is 5.91 Å². The van der Waals surface area contributed by atoms with Gasteiger partial charge in [-0.05, 0) is 48.6 Å². The number of anilines is 1. The average Bonchev–Trinajstić information content (AvgIpc) is 2.98. The lowest BCUT2D eigenvalue weighted by Crippen LogP contribution is -2.51. The quantitative estimate of drug-likeness (QED) is 0.582. The summed E-state index contributed by atoms with van der Waals surface area (Å²) in [6, 6.07) is 12.1. The van der Waals surface area contributed by atoms with E-state index >= 15 is 0 Å². The van der Waals surface area contributed by atoms with Crippen molar-refractivity contribution in [3.63, 3.8) is 0 Å². The maximum absolute atomic E-state index is 13.1. The zero-order chi connectivity index (χ0) is 22.2. The minimum atomic E-state index is -1.01. The molecule has 0 bridgehead atoms. The van der Waals surface area contributed by atoms with Crippen LogP contribution in [-0.2, 0) is 27.2 Å². The molecule has 8 heteroatoms. The standard InChI is InChI=1S/C23H23N3O5/c1-14-7-8-16(20(28)31-2)11-18(14)24-19(27)13-26-21(29)23(25-22(26)30)10-9-15-5-3-4-6-17(15)12-23/h3-8,11H,9-10,12-13H2,1-2H3,(H,24,27)(H,25,30). The van der Waals surface area contributed by atoms with Gasteiger partial charge in [0.1, 0.15) is 12.1 Å². The maximum atomic E-state index is 13.1. The first-order chi connectivity index (χ1) is 14.8. The van der Waals surface area contributed by atoms with Gasteiger partial charge in [0.15, 0.2) is 0 Å². The molecule has 1 atom stereocenters. The van der Waals surface area contributed by atoms with Gasteiger partial charge in [0.05, 0.1) is 12.7 Å². The molecule has 2 aliphatic rings. The van der Waals surface area contributed by atoms with Crippen molar-refractivity contribution in [1.82, 2.24) is 10.2 Å². The number of imide groups is 1. The van der Waals surface area contributed by atoms with E-state index in [0.29, 0.717) is 30.5 Å². The number of benzene rings is 2. The van der Waals surface area contributed by atoms with Crippen molar-refractivity contribution in [2.75, 3.05) is 19.0 Å². The normalized spacial score (nSPS) is 19.7. The molecule has 1 fully saturated rings. The summed E-state index contributed by atoms with van der Waals surface area (Å²) in [6.45, 7) is 1.37. The molecule has 0 saturated carbocycles. The maximum Gasteiger partial charge on any atom is 0.337 e. The minimum Gasteiger partial charge on any atom is -0.465 e. The van der Waals surface area contributed by atoms with Gasteiger partial charge < -0.3 is 15.4 Å². The van der Waals surface area contributed by atoms with Gasteiger partial charge in [-0.2, -0.15) is 0 Å². The number of carbonyl (C=O) groups is 4. The third kappa shape index (κ3) is 3.76. The molecule has 2 N–H and O–H groups in total. The van der Waals surface area contributed by atoms with Crippen LogP contribution in [0, 0.1) is 6.92 Å². The highest BCUT2D eigenvalue weighted by atomic mass is 16.5. The van der Waals surface area contributed by atoms with Crippen LogP contribution < -0.4 is 10.6 Å². The molecule has 1 saturated heterocycles. The highest BCUT2D eigenvalue weighted by Gasteiger charge is 2.52. The molecule has 1 aliphatic carbocycles. The predicted molar refractivity (Wildman–Crippen MR) is 113 cm³/mol. The number of carbonyl (C=O) groups excluding carboxylic acids is 4. The lowest BCUT2D eigenvalue weighted by molar-refractivity contribution is -0.134. The molecule has 0 aromatic heterocycles. The second-order valence-corrected chi connectivity index (χ2v) is 7.92. The fraction of sp³-hybridized carbons (Fsp3) is 0.304. The van der Waals surface area contributed by atoms with E-state index in [1.54, 1.807) is 19.1 Å². The first kappa shape index (κ1) is 20.6. The zero-order valence-electron chi connectivity index (χ0n) is 17.4. The lowest BCUT2D eigenvalue weighted by atomic mass is 9.78. The second-order valence-electron chi connectivity index (χ2n) is 7.92. The van der Waals surface area contributed by atoms with E-state index in [2.05, 4.69) is 10.6 Å². The number of hydrogen-bond donors (Lipinski definition) is 2. The molecular formula is C23H23N3O5. The number of nitrogens with one attached hydrogen (secondary N) is 2. The number of ether oxygens (including phenoxy) is 1. The minimum absolute atomic E-state index is 0.290. The van der Waals surface area contributed by atoms with E-state index in [1.807, 2.05) is 24.3 Å². The van der Waals surface area contributed by atoms with Crippen LogP contribution in [0.25, 0.3) is 0 Å². The molecule has 2 aromatic rings. The van der Waals surface area contributed by atoms with Crippen molar-refractivity contribution >= 4 is 29.5 Å². The number of aryl methyl sites for hydroxylation is 2. The van der Waals surface area contributed by atoms with E-state index in [-0.39, 0.29) is 5.91 Å². The number of urea groups is 1. The fourth-order valence-electron chi connectivity index (χ4n) is 4.18. The van der Waals surface area contributed by atoms with Crippen LogP contribution in [0.4, 0.5) is 10.5 Å². The number of amides is 4. The van der Waals surface area contributed by atoms with Gasteiger partial charge >= 0.3 is 12.0 Å². The largest absolute Gasteiger partial charge is 0.465 e. The Morgan fingerprint density at radius 2 is 1.90 bits per heavy atom. The van der Waals surface area contributed by atoms with Gasteiger partial charge in [-0.3, -0.25) is 14.5 Å². The van der Waals surface area contributed by atoms with Crippen molar-refractivity contribution in [1.29, 1.82) is 0 Å². The summed E-state index contributed by atoms with van der Waals surface area (Å²) in [4.78, 5) is 51.0. The number of fused-ring (bicyclic) bond motifs is 1. The molecule has 1 spiro atoms. The van der Waals surface area contributed by atoms with Gasteiger partial charge in [-0.15, -0.1) is 0 Å². The molecule has 1 heterocycles. The summed E-state index contributed by atoms with van der Waals surface area (Å²) < 4.78 is 4.70. The summed E-state index contributed by atoms with van der Waals surface area (Å²) >= 11 is 0. The van der Waals surface area contributed by atoms with Crippen molar-refractivity contribution < 1.29 is 23.9 Å². The van der Waals surface area contributed by atoms with Crippen molar-refractivity contribution in [2.24, 2.45) is 0 Å². The number of methoxy groups -OCH3 is 1. The SMILES string of the molecule is COC(=O)c1ccc(C)c(NC(=O)CN2C(=O)NC3(CCc4ccccc4C3)C2=O)c1. The van der Waals surface area contributed by atoms with E-state index in [9.17, 15) is 19.2 Å². The summed E-state index contributed by atoms with van der Waals surface area (Å²) in [7, 11) is 1.28. The Hall–Kier alpha value is -3.68. The molecule has 0 radical (unpaired) electrons. The second kappa shape index (κ2) is 7.86. The number of hydrogen-bond acceptors (Lipinski definition) is 5. The number of esters is 1. The topological polar surface area (TPSA) is 105 Å². The molecule has 1 aliphatic heterocycles. The first-order valence-corrected chi connectivity index (χ1v) is 10.0. The van der Waals surface area contributed by atoms with Crippen molar-refractivity contribution in [3.05, 3.63) is 64.7 Å². The molecule has 4 amide bonds. The fourth-order valence-corrected chi connectivity index (χ4v) is 4.18. The van der Waals surface area contributed by atoms with Crippen LogP contribution >= 0.6 is 0 Å². The monoisotopic (exact) mass is 421 g/mol. The van der Waals surface area contributed by atoms with Crippen LogP contribution in [0.15, 0.2) is 42.5 Å². The first-order valence-electron chi connectivity index (χ1n) is 10.0. The van der Waals surface area contributed by atoms with Crippen LogP contribution in [0.5, 0.6) is 0 Å². The Morgan fingerprint density at radius 1 is 1.16 bits per heavy atom. The smallest absolute Gasteiger partial charge is 0.337 e. The summed E-state index contributed by atoms with van der Waals surface area (Å²) in [5, 5.41) is 5.50. The Labute approximate surface area is 179 Å². The number of rotatable bonds is 4. The van der Waals surface area contributed by atoms with Crippen molar-refractivity contribution in [3.8, 4) is 0 Å². The van der Waals surface area contributed by atoms with Gasteiger partial charge in [-0.1, -0.05) is 30.3 Å². The summed E-state index contributed by atoms with van der Waals surface area (Å²) in [5.74, 6) is -1.44. The van der Waals surface area contributed by atoms with Crippen LogP contribution in [0.2, 0.25) is 0 Å². The van der Waals surface area contributed by atoms with Gasteiger partial charge in [-0.25, -0.2) is 9.59 Å². The Morgan fingerprint density at radius 3 is 2.65 bits per heavy atom. The molecule has 1 unspecified atom stereocenters. The van der Waals surface area contributed by atoms with E-state index in [1.165, 1.54) is 18.7 Å². The lowest BCUT2D eigenvalue weighted by Gasteiger charge is -2.32. The molecule has 8 nitrogen and oxygen atoms in total. The summed E-state index contributed by atoms with van der Waals surface area (Å²) in [5.41, 5.74) is 2.64. The van der Waals surface area contributed by atoms with Crippen LogP contribution in [0.1, 0.15) is 33.5 Å². The molecule has 2 aromatic carbocycles. The molecule has 31 heavy (non-hydrogen) atoms. The number of nitrogens with zero attached hydrogens (tertiary/aromatic N) is 1. The Kier molecular flexibility index (Phi) is 5.22. The highest BCUT2D eigenvalue weighted by Crippen LogP contribution is 2.33. The molecule has 160 valence electrons. The summed E-state index contributed by atoms with van der Waals surface area (Å²) in [6.07, 6.45) is 1.58. The molecular weight excluding hydrogens is 398 g/mol. The Bertz CT molecular complexity index is 1100. The highest BCUT2D eigenvalue weighted by molar-refractivity contribution is 6.10. The van der Waals surface area contributed by atoms with Gasteiger partial charge in [0.25, 0.3) is 5.91 Å². The average molecular weight is 421 g/mol. The Balaban J connectivity index is 1.48. The van der Waals surface area contributed by atoms with Crippen LogP contribution in [-0.4, -0.2) is 47.9 Å². The molecule has 4 rings (SSSR count). The third-order valence-corrected chi connectivity index (χ3v) is 5.91. The van der Waals surface area contributed by atoms with E-state index in [4.69, 9.17) is 4.74 Å². The predicted octanol–water partition coefficient (Wildman–Crippen LogP) is 2.20. The van der Waals surface area contributed by atoms with Gasteiger partial charge in [0, 0.05) is 12.1 Å². The van der Waals surface area contributed by atoms with E-state index in [0.717, 1.165) is 16.0 Å². The third-order valence-electron chi connectivity index (χ3n) is 5.91. The zero-order valence-corrected chi connectivity index (χ0v) is 17.4.